The van der Waals surface area contributed by atoms with Gasteiger partial charge < -0.3 is 9.32 Å². The molecule has 25 heavy (non-hydrogen) atoms. The van der Waals surface area contributed by atoms with Gasteiger partial charge in [-0.15, -0.1) is 0 Å². The molecule has 136 valence electrons. The molecule has 0 spiro atoms. The Bertz CT molecular complexity index is 871. The van der Waals surface area contributed by atoms with Crippen LogP contribution in [0.1, 0.15) is 40.2 Å². The molecule has 1 heterocycles. The molecule has 0 fully saturated rings. The van der Waals surface area contributed by atoms with Gasteiger partial charge in [0.25, 0.3) is 5.91 Å². The lowest BCUT2D eigenvalue weighted by Crippen LogP contribution is -2.30. The number of benzene rings is 1. The molecule has 2 aromatic rings. The second-order valence-corrected chi connectivity index (χ2v) is 8.43. The van der Waals surface area contributed by atoms with Gasteiger partial charge in [0.1, 0.15) is 5.76 Å². The Morgan fingerprint density at radius 3 is 2.32 bits per heavy atom. The molecule has 1 unspecified atom stereocenters. The average Bonchev–Trinajstić information content (AvgIpc) is 3.09. The molecule has 1 atom stereocenters. The molecule has 0 aliphatic heterocycles. The largest absolute Gasteiger partial charge is 0.467 e. The molecule has 0 aliphatic carbocycles. The number of nitrogens with zero attached hydrogens (tertiary/aromatic N) is 2. The Morgan fingerprint density at radius 1 is 1.16 bits per heavy atom. The first-order valence-electron chi connectivity index (χ1n) is 7.91. The molecule has 1 amide bonds. The zero-order valence-corrected chi connectivity index (χ0v) is 16.2. The van der Waals surface area contributed by atoms with Gasteiger partial charge in [0, 0.05) is 26.7 Å². The van der Waals surface area contributed by atoms with E-state index in [-0.39, 0.29) is 16.8 Å². The van der Waals surface area contributed by atoms with Crippen molar-refractivity contribution >= 4 is 15.9 Å². The number of amides is 1. The molecule has 1 aromatic heterocycles. The lowest BCUT2D eigenvalue weighted by Gasteiger charge is -2.24. The quantitative estimate of drug-likeness (QED) is 0.818. The van der Waals surface area contributed by atoms with Gasteiger partial charge in [-0.1, -0.05) is 0 Å². The van der Waals surface area contributed by atoms with Crippen LogP contribution in [-0.4, -0.2) is 44.7 Å². The van der Waals surface area contributed by atoms with E-state index in [1.807, 2.05) is 6.92 Å². The van der Waals surface area contributed by atoms with Gasteiger partial charge in [-0.2, -0.15) is 0 Å². The van der Waals surface area contributed by atoms with Crippen LogP contribution in [0.5, 0.6) is 0 Å². The fraction of sp³-hybridized carbons (Fsp3) is 0.389. The second kappa shape index (κ2) is 7.01. The highest BCUT2D eigenvalue weighted by Gasteiger charge is 2.26. The van der Waals surface area contributed by atoms with E-state index in [0.29, 0.717) is 16.9 Å². The van der Waals surface area contributed by atoms with Crippen LogP contribution in [0.4, 0.5) is 0 Å². The average molecular weight is 364 g/mol. The molecule has 6 nitrogen and oxygen atoms in total. The van der Waals surface area contributed by atoms with Crippen LogP contribution in [0, 0.1) is 13.8 Å². The van der Waals surface area contributed by atoms with Crippen molar-refractivity contribution in [1.29, 1.82) is 0 Å². The molecular weight excluding hydrogens is 340 g/mol. The summed E-state index contributed by atoms with van der Waals surface area (Å²) in [7, 11) is 0.992. The molecule has 0 aliphatic rings. The standard InChI is InChI=1S/C18H24N2O4S/c1-12-10-15(11-17(13(12)2)25(22,23)19(4)5)18(21)20(6)14(3)16-8-7-9-24-16/h7-11,14H,1-6H3. The fourth-order valence-corrected chi connectivity index (χ4v) is 3.73. The third-order valence-corrected chi connectivity index (χ3v) is 6.42. The van der Waals surface area contributed by atoms with E-state index in [4.69, 9.17) is 4.42 Å². The van der Waals surface area contributed by atoms with Crippen LogP contribution in [0.15, 0.2) is 39.8 Å². The van der Waals surface area contributed by atoms with E-state index in [9.17, 15) is 13.2 Å². The first kappa shape index (κ1) is 19.2. The van der Waals surface area contributed by atoms with Crippen molar-refractivity contribution in [2.24, 2.45) is 0 Å². The Kier molecular flexibility index (Phi) is 5.39. The van der Waals surface area contributed by atoms with E-state index in [2.05, 4.69) is 0 Å². The summed E-state index contributed by atoms with van der Waals surface area (Å²) >= 11 is 0. The number of furan rings is 1. The van der Waals surface area contributed by atoms with E-state index < -0.39 is 10.0 Å². The summed E-state index contributed by atoms with van der Waals surface area (Å²) in [5.41, 5.74) is 1.74. The number of carbonyl (C=O) groups is 1. The third-order valence-electron chi connectivity index (χ3n) is 4.48. The SMILES string of the molecule is Cc1cc(C(=O)N(C)C(C)c2ccco2)cc(S(=O)(=O)N(C)C)c1C. The number of rotatable bonds is 5. The van der Waals surface area contributed by atoms with Crippen LogP contribution < -0.4 is 0 Å². The Morgan fingerprint density at radius 2 is 1.80 bits per heavy atom. The Balaban J connectivity index is 2.46. The van der Waals surface area contributed by atoms with Gasteiger partial charge in [-0.25, -0.2) is 12.7 Å². The Labute approximate surface area is 149 Å². The van der Waals surface area contributed by atoms with Crippen LogP contribution in [0.2, 0.25) is 0 Å². The minimum Gasteiger partial charge on any atom is -0.467 e. The molecule has 0 radical (unpaired) electrons. The maximum absolute atomic E-state index is 12.9. The molecule has 0 saturated heterocycles. The van der Waals surface area contributed by atoms with E-state index >= 15 is 0 Å². The van der Waals surface area contributed by atoms with Crippen LogP contribution in [0.25, 0.3) is 0 Å². The van der Waals surface area contributed by atoms with E-state index in [1.54, 1.807) is 45.4 Å². The van der Waals surface area contributed by atoms with Gasteiger partial charge in [0.05, 0.1) is 17.2 Å². The zero-order chi connectivity index (χ0) is 18.9. The van der Waals surface area contributed by atoms with E-state index in [0.717, 1.165) is 9.87 Å². The molecule has 2 rings (SSSR count). The number of aryl methyl sites for hydroxylation is 1. The second-order valence-electron chi connectivity index (χ2n) is 6.31. The van der Waals surface area contributed by atoms with Crippen molar-refractivity contribution in [1.82, 2.24) is 9.21 Å². The van der Waals surface area contributed by atoms with Gasteiger partial charge in [0.15, 0.2) is 0 Å². The summed E-state index contributed by atoms with van der Waals surface area (Å²) in [5, 5.41) is 0. The zero-order valence-electron chi connectivity index (χ0n) is 15.4. The summed E-state index contributed by atoms with van der Waals surface area (Å²) in [5.74, 6) is 0.406. The highest BCUT2D eigenvalue weighted by molar-refractivity contribution is 7.89. The number of sulfonamides is 1. The first-order valence-corrected chi connectivity index (χ1v) is 9.35. The predicted molar refractivity (Wildman–Crippen MR) is 96.0 cm³/mol. The van der Waals surface area contributed by atoms with Crippen molar-refractivity contribution in [2.75, 3.05) is 21.1 Å². The minimum absolute atomic E-state index is 0.153. The van der Waals surface area contributed by atoms with Gasteiger partial charge in [0.2, 0.25) is 10.0 Å². The highest BCUT2D eigenvalue weighted by atomic mass is 32.2. The summed E-state index contributed by atoms with van der Waals surface area (Å²) in [6, 6.07) is 6.47. The third kappa shape index (κ3) is 3.62. The van der Waals surface area contributed by atoms with Crippen LogP contribution in [-0.2, 0) is 10.0 Å². The molecule has 7 heteroatoms. The molecule has 0 bridgehead atoms. The summed E-state index contributed by atoms with van der Waals surface area (Å²) < 4.78 is 31.6. The van der Waals surface area contributed by atoms with Crippen molar-refractivity contribution in [3.05, 3.63) is 53.0 Å². The summed E-state index contributed by atoms with van der Waals surface area (Å²) in [4.78, 5) is 14.6. The molecule has 0 saturated carbocycles. The minimum atomic E-state index is -3.63. The number of hydrogen-bond donors (Lipinski definition) is 0. The summed E-state index contributed by atoms with van der Waals surface area (Å²) in [6.45, 7) is 5.40. The summed E-state index contributed by atoms with van der Waals surface area (Å²) in [6.07, 6.45) is 1.56. The normalized spacial score (nSPS) is 13.1. The van der Waals surface area contributed by atoms with E-state index in [1.165, 1.54) is 25.1 Å². The lowest BCUT2D eigenvalue weighted by atomic mass is 10.0. The van der Waals surface area contributed by atoms with Crippen molar-refractivity contribution in [2.45, 2.75) is 31.7 Å². The molecule has 1 aromatic carbocycles. The monoisotopic (exact) mass is 364 g/mol. The van der Waals surface area contributed by atoms with Crippen molar-refractivity contribution in [3.8, 4) is 0 Å². The van der Waals surface area contributed by atoms with Gasteiger partial charge in [-0.3, -0.25) is 4.79 Å². The van der Waals surface area contributed by atoms with Crippen LogP contribution in [0.3, 0.4) is 0 Å². The van der Waals surface area contributed by atoms with Gasteiger partial charge >= 0.3 is 0 Å². The Hall–Kier alpha value is -2.12. The molecular formula is C18H24N2O4S. The lowest BCUT2D eigenvalue weighted by molar-refractivity contribution is 0.0726. The van der Waals surface area contributed by atoms with Crippen molar-refractivity contribution in [3.63, 3.8) is 0 Å². The van der Waals surface area contributed by atoms with Crippen LogP contribution >= 0.6 is 0 Å². The molecule has 0 N–H and O–H groups in total. The maximum Gasteiger partial charge on any atom is 0.254 e. The maximum atomic E-state index is 12.9. The highest BCUT2D eigenvalue weighted by Crippen LogP contribution is 2.26. The number of hydrogen-bond acceptors (Lipinski definition) is 4. The van der Waals surface area contributed by atoms with Crippen molar-refractivity contribution < 1.29 is 17.6 Å². The topological polar surface area (TPSA) is 70.8 Å². The smallest absolute Gasteiger partial charge is 0.254 e. The number of carbonyl (C=O) groups excluding carboxylic acids is 1. The predicted octanol–water partition coefficient (Wildman–Crippen LogP) is 2.98. The first-order chi connectivity index (χ1) is 11.6. The fourth-order valence-electron chi connectivity index (χ4n) is 2.51. The van der Waals surface area contributed by atoms with Gasteiger partial charge in [-0.05, 0) is 56.2 Å².